The molecule has 15 heavy (non-hydrogen) atoms. The van der Waals surface area contributed by atoms with Gasteiger partial charge in [0.2, 0.25) is 0 Å². The maximum absolute atomic E-state index is 13.4. The van der Waals surface area contributed by atoms with Crippen molar-refractivity contribution in [2.75, 3.05) is 5.32 Å². The van der Waals surface area contributed by atoms with Crippen LogP contribution < -0.4 is 5.32 Å². The molecule has 1 fully saturated rings. The number of benzene rings is 1. The molecule has 1 aromatic rings. The molecule has 0 radical (unpaired) electrons. The lowest BCUT2D eigenvalue weighted by Crippen LogP contribution is -2.30. The van der Waals surface area contributed by atoms with Crippen LogP contribution in [0.4, 0.5) is 10.1 Å². The molecule has 0 aliphatic heterocycles. The second-order valence-corrected chi connectivity index (χ2v) is 4.49. The van der Waals surface area contributed by atoms with Crippen LogP contribution in [-0.4, -0.2) is 6.04 Å². The lowest BCUT2D eigenvalue weighted by molar-refractivity contribution is 0.348. The molecule has 0 spiro atoms. The fourth-order valence-electron chi connectivity index (χ4n) is 2.31. The number of para-hydroxylation sites is 1. The number of rotatable bonds is 2. The Morgan fingerprint density at radius 2 is 1.93 bits per heavy atom. The first-order valence-corrected chi connectivity index (χ1v) is 5.78. The van der Waals surface area contributed by atoms with Gasteiger partial charge in [-0.2, -0.15) is 0 Å². The van der Waals surface area contributed by atoms with Crippen molar-refractivity contribution >= 4 is 5.69 Å². The Morgan fingerprint density at radius 3 is 2.67 bits per heavy atom. The van der Waals surface area contributed by atoms with E-state index in [0.29, 0.717) is 17.6 Å². The highest BCUT2D eigenvalue weighted by molar-refractivity contribution is 5.45. The Kier molecular flexibility index (Phi) is 3.24. The highest BCUT2D eigenvalue weighted by Crippen LogP contribution is 2.27. The Hall–Kier alpha value is -1.05. The number of halogens is 1. The second kappa shape index (κ2) is 4.65. The molecule has 2 heteroatoms. The number of nitrogens with one attached hydrogen (secondary N) is 1. The van der Waals surface area contributed by atoms with Crippen molar-refractivity contribution in [3.05, 3.63) is 30.1 Å². The van der Waals surface area contributed by atoms with Crippen LogP contribution in [0.5, 0.6) is 0 Å². The largest absolute Gasteiger partial charge is 0.380 e. The van der Waals surface area contributed by atoms with Crippen molar-refractivity contribution in [1.82, 2.24) is 0 Å². The SMILES string of the molecule is CC1CCCCC1Nc1ccccc1F. The van der Waals surface area contributed by atoms with Crippen LogP contribution in [-0.2, 0) is 0 Å². The molecular weight excluding hydrogens is 189 g/mol. The average molecular weight is 207 g/mol. The molecule has 2 atom stereocenters. The summed E-state index contributed by atoms with van der Waals surface area (Å²) in [4.78, 5) is 0. The van der Waals surface area contributed by atoms with Gasteiger partial charge in [0.05, 0.1) is 5.69 Å². The summed E-state index contributed by atoms with van der Waals surface area (Å²) in [5.41, 5.74) is 0.649. The molecule has 1 aromatic carbocycles. The quantitative estimate of drug-likeness (QED) is 0.777. The standard InChI is InChI=1S/C13H18FN/c1-10-6-2-4-8-12(10)15-13-9-5-3-7-11(13)14/h3,5,7,9-10,12,15H,2,4,6,8H2,1H3. The predicted molar refractivity (Wildman–Crippen MR) is 61.4 cm³/mol. The lowest BCUT2D eigenvalue weighted by atomic mass is 9.86. The van der Waals surface area contributed by atoms with Crippen LogP contribution in [0.15, 0.2) is 24.3 Å². The molecule has 1 aliphatic carbocycles. The molecule has 82 valence electrons. The van der Waals surface area contributed by atoms with Crippen molar-refractivity contribution in [3.63, 3.8) is 0 Å². The predicted octanol–water partition coefficient (Wildman–Crippen LogP) is 3.82. The van der Waals surface area contributed by atoms with E-state index in [1.165, 1.54) is 25.3 Å². The monoisotopic (exact) mass is 207 g/mol. The van der Waals surface area contributed by atoms with E-state index in [4.69, 9.17) is 0 Å². The zero-order chi connectivity index (χ0) is 10.7. The van der Waals surface area contributed by atoms with Crippen LogP contribution in [0.2, 0.25) is 0 Å². The summed E-state index contributed by atoms with van der Waals surface area (Å²) in [5, 5.41) is 3.32. The van der Waals surface area contributed by atoms with Gasteiger partial charge in [-0.25, -0.2) is 4.39 Å². The van der Waals surface area contributed by atoms with Crippen LogP contribution in [0.25, 0.3) is 0 Å². The van der Waals surface area contributed by atoms with Crippen molar-refractivity contribution in [3.8, 4) is 0 Å². The van der Waals surface area contributed by atoms with Crippen LogP contribution in [0, 0.1) is 11.7 Å². The molecule has 1 nitrogen and oxygen atoms in total. The number of anilines is 1. The van der Waals surface area contributed by atoms with Gasteiger partial charge in [0.1, 0.15) is 5.82 Å². The minimum atomic E-state index is -0.143. The number of hydrogen-bond acceptors (Lipinski definition) is 1. The summed E-state index contributed by atoms with van der Waals surface area (Å²) in [6, 6.07) is 7.37. The van der Waals surface area contributed by atoms with E-state index in [0.717, 1.165) is 6.42 Å². The van der Waals surface area contributed by atoms with E-state index in [-0.39, 0.29) is 5.82 Å². The molecule has 0 saturated heterocycles. The third-order valence-electron chi connectivity index (χ3n) is 3.33. The Morgan fingerprint density at radius 1 is 1.20 bits per heavy atom. The van der Waals surface area contributed by atoms with Gasteiger partial charge in [0.25, 0.3) is 0 Å². The van der Waals surface area contributed by atoms with Crippen LogP contribution in [0.1, 0.15) is 32.6 Å². The summed E-state index contributed by atoms with van der Waals surface area (Å²) < 4.78 is 13.4. The maximum atomic E-state index is 13.4. The summed E-state index contributed by atoms with van der Waals surface area (Å²) in [7, 11) is 0. The van der Waals surface area contributed by atoms with Gasteiger partial charge in [-0.3, -0.25) is 0 Å². The molecule has 0 heterocycles. The Balaban J connectivity index is 2.04. The van der Waals surface area contributed by atoms with E-state index in [1.807, 2.05) is 12.1 Å². The molecular formula is C13H18FN. The van der Waals surface area contributed by atoms with Crippen LogP contribution >= 0.6 is 0 Å². The van der Waals surface area contributed by atoms with E-state index in [2.05, 4.69) is 12.2 Å². The zero-order valence-electron chi connectivity index (χ0n) is 9.17. The second-order valence-electron chi connectivity index (χ2n) is 4.49. The van der Waals surface area contributed by atoms with Gasteiger partial charge in [0.15, 0.2) is 0 Å². The van der Waals surface area contributed by atoms with Gasteiger partial charge >= 0.3 is 0 Å². The van der Waals surface area contributed by atoms with Gasteiger partial charge in [-0.1, -0.05) is 31.9 Å². The molecule has 0 aromatic heterocycles. The summed E-state index contributed by atoms with van der Waals surface area (Å²) in [6.45, 7) is 2.25. The first kappa shape index (κ1) is 10.5. The highest BCUT2D eigenvalue weighted by atomic mass is 19.1. The molecule has 0 bridgehead atoms. The smallest absolute Gasteiger partial charge is 0.146 e. The molecule has 1 N–H and O–H groups in total. The van der Waals surface area contributed by atoms with Crippen LogP contribution in [0.3, 0.4) is 0 Å². The third-order valence-corrected chi connectivity index (χ3v) is 3.33. The Labute approximate surface area is 90.7 Å². The first-order valence-electron chi connectivity index (χ1n) is 5.78. The summed E-state index contributed by atoms with van der Waals surface area (Å²) >= 11 is 0. The molecule has 0 amide bonds. The summed E-state index contributed by atoms with van der Waals surface area (Å²) in [5.74, 6) is 0.508. The third kappa shape index (κ3) is 2.49. The van der Waals surface area contributed by atoms with E-state index < -0.39 is 0 Å². The van der Waals surface area contributed by atoms with E-state index in [1.54, 1.807) is 6.07 Å². The summed E-state index contributed by atoms with van der Waals surface area (Å²) in [6.07, 6.45) is 4.99. The fraction of sp³-hybridized carbons (Fsp3) is 0.538. The van der Waals surface area contributed by atoms with Gasteiger partial charge in [0, 0.05) is 6.04 Å². The van der Waals surface area contributed by atoms with Gasteiger partial charge in [-0.05, 0) is 30.9 Å². The van der Waals surface area contributed by atoms with Crippen molar-refractivity contribution in [2.45, 2.75) is 38.6 Å². The average Bonchev–Trinajstić information content (AvgIpc) is 2.24. The van der Waals surface area contributed by atoms with Crippen molar-refractivity contribution < 1.29 is 4.39 Å². The minimum Gasteiger partial charge on any atom is -0.380 e. The maximum Gasteiger partial charge on any atom is 0.146 e. The van der Waals surface area contributed by atoms with E-state index >= 15 is 0 Å². The normalized spacial score (nSPS) is 26.3. The van der Waals surface area contributed by atoms with Crippen molar-refractivity contribution in [1.29, 1.82) is 0 Å². The van der Waals surface area contributed by atoms with Gasteiger partial charge < -0.3 is 5.32 Å². The first-order chi connectivity index (χ1) is 7.27. The topological polar surface area (TPSA) is 12.0 Å². The zero-order valence-corrected chi connectivity index (χ0v) is 9.17. The fourth-order valence-corrected chi connectivity index (χ4v) is 2.31. The molecule has 1 aliphatic rings. The molecule has 2 unspecified atom stereocenters. The number of hydrogen-bond donors (Lipinski definition) is 1. The van der Waals surface area contributed by atoms with E-state index in [9.17, 15) is 4.39 Å². The molecule has 2 rings (SSSR count). The van der Waals surface area contributed by atoms with Gasteiger partial charge in [-0.15, -0.1) is 0 Å². The Bertz CT molecular complexity index is 324. The minimum absolute atomic E-state index is 0.143. The molecule has 1 saturated carbocycles. The lowest BCUT2D eigenvalue weighted by Gasteiger charge is -2.30. The van der Waals surface area contributed by atoms with Crippen molar-refractivity contribution in [2.24, 2.45) is 5.92 Å². The highest BCUT2D eigenvalue weighted by Gasteiger charge is 2.21.